The van der Waals surface area contributed by atoms with Gasteiger partial charge in [-0.15, -0.1) is 11.3 Å². The van der Waals surface area contributed by atoms with E-state index in [4.69, 9.17) is 0 Å². The van der Waals surface area contributed by atoms with Gasteiger partial charge in [-0.3, -0.25) is 4.79 Å². The Kier molecular flexibility index (Phi) is 5.06. The van der Waals surface area contributed by atoms with Gasteiger partial charge in [0.1, 0.15) is 5.78 Å². The summed E-state index contributed by atoms with van der Waals surface area (Å²) in [5.41, 5.74) is 0. The Balaban J connectivity index is 2.36. The Morgan fingerprint density at radius 1 is 1.69 bits per heavy atom. The fourth-order valence-corrected chi connectivity index (χ4v) is 2.92. The average Bonchev–Trinajstić information content (AvgIpc) is 2.48. The van der Waals surface area contributed by atoms with Crippen LogP contribution in [0.2, 0.25) is 0 Å². The Morgan fingerprint density at radius 3 is 3.00 bits per heavy atom. The summed E-state index contributed by atoms with van der Waals surface area (Å²) in [5, 5.41) is 2.01. The molecule has 0 unspecified atom stereocenters. The third-order valence-corrected chi connectivity index (χ3v) is 4.09. The lowest BCUT2D eigenvalue weighted by atomic mass is 10.3. The molecular weight excluding hydrogens is 268 g/mol. The van der Waals surface area contributed by atoms with Crippen LogP contribution in [0.3, 0.4) is 0 Å². The van der Waals surface area contributed by atoms with E-state index >= 15 is 0 Å². The molecule has 0 aliphatic carbocycles. The SMILES string of the molecule is CCSCC(=O)Cc1cc(Br)cs1. The van der Waals surface area contributed by atoms with Crippen LogP contribution in [0, 0.1) is 0 Å². The molecule has 13 heavy (non-hydrogen) atoms. The van der Waals surface area contributed by atoms with Crippen LogP contribution in [0.5, 0.6) is 0 Å². The maximum Gasteiger partial charge on any atom is 0.147 e. The molecule has 0 radical (unpaired) electrons. The fraction of sp³-hybridized carbons (Fsp3) is 0.444. The van der Waals surface area contributed by atoms with Crippen molar-refractivity contribution in [2.45, 2.75) is 13.3 Å². The predicted molar refractivity (Wildman–Crippen MR) is 63.7 cm³/mol. The van der Waals surface area contributed by atoms with Gasteiger partial charge in [0.25, 0.3) is 0 Å². The zero-order chi connectivity index (χ0) is 9.68. The van der Waals surface area contributed by atoms with E-state index in [0.717, 1.165) is 15.1 Å². The second-order valence-electron chi connectivity index (χ2n) is 2.58. The molecule has 0 atom stereocenters. The Hall–Kier alpha value is 0.200. The first-order chi connectivity index (χ1) is 6.22. The van der Waals surface area contributed by atoms with Gasteiger partial charge in [0, 0.05) is 21.2 Å². The lowest BCUT2D eigenvalue weighted by Crippen LogP contribution is -2.04. The van der Waals surface area contributed by atoms with Crippen molar-refractivity contribution in [1.29, 1.82) is 0 Å². The van der Waals surface area contributed by atoms with Gasteiger partial charge in [0.2, 0.25) is 0 Å². The molecule has 1 rings (SSSR count). The average molecular weight is 279 g/mol. The molecule has 1 aromatic rings. The van der Waals surface area contributed by atoms with Crippen molar-refractivity contribution in [2.75, 3.05) is 11.5 Å². The third kappa shape index (κ3) is 4.29. The highest BCUT2D eigenvalue weighted by Gasteiger charge is 2.05. The molecule has 1 nitrogen and oxygen atoms in total. The normalized spacial score (nSPS) is 10.3. The molecule has 0 aliphatic rings. The van der Waals surface area contributed by atoms with E-state index in [0.29, 0.717) is 18.0 Å². The summed E-state index contributed by atoms with van der Waals surface area (Å²) in [6, 6.07) is 2.01. The van der Waals surface area contributed by atoms with Crippen LogP contribution in [0.4, 0.5) is 0 Å². The molecule has 0 spiro atoms. The largest absolute Gasteiger partial charge is 0.298 e. The van der Waals surface area contributed by atoms with Crippen LogP contribution in [0.15, 0.2) is 15.9 Å². The van der Waals surface area contributed by atoms with Crippen molar-refractivity contribution in [1.82, 2.24) is 0 Å². The second kappa shape index (κ2) is 5.83. The third-order valence-electron chi connectivity index (χ3n) is 1.46. The number of thiophene rings is 1. The lowest BCUT2D eigenvalue weighted by Gasteiger charge is -1.96. The van der Waals surface area contributed by atoms with E-state index in [9.17, 15) is 4.79 Å². The molecule has 4 heteroatoms. The van der Waals surface area contributed by atoms with E-state index in [1.807, 2.05) is 11.4 Å². The van der Waals surface area contributed by atoms with Crippen molar-refractivity contribution in [2.24, 2.45) is 0 Å². The first kappa shape index (κ1) is 11.3. The molecule has 0 aliphatic heterocycles. The van der Waals surface area contributed by atoms with Gasteiger partial charge in [-0.1, -0.05) is 6.92 Å². The molecule has 1 heterocycles. The molecule has 0 fully saturated rings. The van der Waals surface area contributed by atoms with Crippen molar-refractivity contribution in [3.05, 3.63) is 20.8 Å². The summed E-state index contributed by atoms with van der Waals surface area (Å²) in [5.74, 6) is 1.98. The highest BCUT2D eigenvalue weighted by Crippen LogP contribution is 2.20. The summed E-state index contributed by atoms with van der Waals surface area (Å²) in [7, 11) is 0. The van der Waals surface area contributed by atoms with E-state index in [1.54, 1.807) is 23.1 Å². The first-order valence-electron chi connectivity index (χ1n) is 4.04. The molecule has 0 saturated carbocycles. The number of Topliss-reactive ketones (excluding diaryl/α,β-unsaturated/α-hetero) is 1. The number of hydrogen-bond acceptors (Lipinski definition) is 3. The van der Waals surface area contributed by atoms with E-state index in [1.165, 1.54) is 0 Å². The zero-order valence-corrected chi connectivity index (χ0v) is 10.6. The smallest absolute Gasteiger partial charge is 0.147 e. The highest BCUT2D eigenvalue weighted by atomic mass is 79.9. The number of hydrogen-bond donors (Lipinski definition) is 0. The van der Waals surface area contributed by atoms with Crippen molar-refractivity contribution < 1.29 is 4.79 Å². The highest BCUT2D eigenvalue weighted by molar-refractivity contribution is 9.10. The van der Waals surface area contributed by atoms with Crippen LogP contribution in [-0.2, 0) is 11.2 Å². The fourth-order valence-electron chi connectivity index (χ4n) is 0.908. The minimum atomic E-state index is 0.321. The van der Waals surface area contributed by atoms with Gasteiger partial charge in [-0.2, -0.15) is 11.8 Å². The van der Waals surface area contributed by atoms with Crippen molar-refractivity contribution in [3.63, 3.8) is 0 Å². The van der Waals surface area contributed by atoms with Gasteiger partial charge in [-0.25, -0.2) is 0 Å². The van der Waals surface area contributed by atoms with E-state index in [2.05, 4.69) is 22.9 Å². The van der Waals surface area contributed by atoms with Crippen LogP contribution in [-0.4, -0.2) is 17.3 Å². The topological polar surface area (TPSA) is 17.1 Å². The molecule has 0 amide bonds. The summed E-state index contributed by atoms with van der Waals surface area (Å²) in [6.07, 6.45) is 0.587. The number of ketones is 1. The molecule has 0 bridgehead atoms. The Labute approximate surface area is 95.0 Å². The summed E-state index contributed by atoms with van der Waals surface area (Å²) < 4.78 is 1.07. The molecule has 1 aromatic heterocycles. The monoisotopic (exact) mass is 278 g/mol. The predicted octanol–water partition coefficient (Wildman–Crippen LogP) is 3.38. The Bertz CT molecular complexity index is 283. The van der Waals surface area contributed by atoms with Crippen LogP contribution in [0.1, 0.15) is 11.8 Å². The maximum absolute atomic E-state index is 11.4. The summed E-state index contributed by atoms with van der Waals surface area (Å²) >= 11 is 6.69. The molecule has 0 saturated heterocycles. The number of thioether (sulfide) groups is 1. The summed E-state index contributed by atoms with van der Waals surface area (Å²) in [6.45, 7) is 2.07. The quantitative estimate of drug-likeness (QED) is 0.822. The number of halogens is 1. The van der Waals surface area contributed by atoms with Crippen LogP contribution < -0.4 is 0 Å². The van der Waals surface area contributed by atoms with Crippen LogP contribution in [0.25, 0.3) is 0 Å². The number of rotatable bonds is 5. The number of carbonyl (C=O) groups is 1. The van der Waals surface area contributed by atoms with Gasteiger partial charge in [-0.05, 0) is 27.7 Å². The summed E-state index contributed by atoms with van der Waals surface area (Å²) in [4.78, 5) is 12.5. The van der Waals surface area contributed by atoms with Gasteiger partial charge in [0.15, 0.2) is 0 Å². The second-order valence-corrected chi connectivity index (χ2v) is 5.77. The van der Waals surface area contributed by atoms with Gasteiger partial charge in [0.05, 0.1) is 5.75 Å². The van der Waals surface area contributed by atoms with Crippen molar-refractivity contribution in [3.8, 4) is 0 Å². The molecule has 0 aromatic carbocycles. The molecule has 72 valence electrons. The Morgan fingerprint density at radius 2 is 2.46 bits per heavy atom. The maximum atomic E-state index is 11.4. The zero-order valence-electron chi connectivity index (χ0n) is 7.38. The molecule has 0 N–H and O–H groups in total. The van der Waals surface area contributed by atoms with E-state index < -0.39 is 0 Å². The van der Waals surface area contributed by atoms with E-state index in [-0.39, 0.29) is 0 Å². The minimum absolute atomic E-state index is 0.321. The minimum Gasteiger partial charge on any atom is -0.298 e. The lowest BCUT2D eigenvalue weighted by molar-refractivity contribution is -0.115. The van der Waals surface area contributed by atoms with Crippen LogP contribution >= 0.6 is 39.0 Å². The first-order valence-corrected chi connectivity index (χ1v) is 6.87. The number of carbonyl (C=O) groups excluding carboxylic acids is 1. The van der Waals surface area contributed by atoms with Gasteiger partial charge < -0.3 is 0 Å². The standard InChI is InChI=1S/C9H11BrOS2/c1-2-12-6-8(11)4-9-3-7(10)5-13-9/h3,5H,2,4,6H2,1H3. The molecular formula is C9H11BrOS2. The van der Waals surface area contributed by atoms with Crippen molar-refractivity contribution >= 4 is 44.8 Å². The van der Waals surface area contributed by atoms with Gasteiger partial charge >= 0.3 is 0 Å².